The quantitative estimate of drug-likeness (QED) is 0.434. The fourth-order valence-electron chi connectivity index (χ4n) is 2.91. The second-order valence-corrected chi connectivity index (χ2v) is 11.0. The minimum atomic E-state index is 0.0501. The average Bonchev–Trinajstić information content (AvgIpc) is 2.50. The zero-order chi connectivity index (χ0) is 20.6. The van der Waals surface area contributed by atoms with E-state index >= 15 is 0 Å². The summed E-state index contributed by atoms with van der Waals surface area (Å²) in [5.41, 5.74) is 5.85. The Kier molecular flexibility index (Phi) is 6.45. The molecule has 0 aliphatic heterocycles. The summed E-state index contributed by atoms with van der Waals surface area (Å²) in [4.78, 5) is 0. The maximum Gasteiger partial charge on any atom is -0.00609 e. The lowest BCUT2D eigenvalue weighted by molar-refractivity contribution is 0.172. The van der Waals surface area contributed by atoms with Crippen LogP contribution in [0.3, 0.4) is 0 Å². The molecule has 0 heteroatoms. The highest BCUT2D eigenvalue weighted by Gasteiger charge is 2.36. The summed E-state index contributed by atoms with van der Waals surface area (Å²) in [5, 5.41) is 0. The Labute approximate surface area is 163 Å². The van der Waals surface area contributed by atoms with E-state index in [1.807, 2.05) is 0 Å². The first-order valence-corrected chi connectivity index (χ1v) is 9.99. The molecule has 1 aliphatic rings. The highest BCUT2D eigenvalue weighted by Crippen LogP contribution is 2.47. The fraction of sp³-hybridized carbons (Fsp3) is 0.615. The Balaban J connectivity index is 2.93. The average molecular weight is 355 g/mol. The molecule has 0 amide bonds. The van der Waals surface area contributed by atoms with Gasteiger partial charge in [0.05, 0.1) is 0 Å². The van der Waals surface area contributed by atoms with Gasteiger partial charge in [-0.05, 0) is 51.2 Å². The molecule has 0 atom stereocenters. The number of rotatable bonds is 5. The van der Waals surface area contributed by atoms with E-state index in [1.54, 1.807) is 5.57 Å². The first-order chi connectivity index (χ1) is 11.5. The minimum Gasteiger partial charge on any atom is -0.0953 e. The molecule has 0 N–H and O–H groups in total. The monoisotopic (exact) mass is 354 g/mol. The molecule has 0 saturated carbocycles. The third-order valence-corrected chi connectivity index (χ3v) is 7.40. The lowest BCUT2D eigenvalue weighted by Crippen LogP contribution is -2.32. The summed E-state index contributed by atoms with van der Waals surface area (Å²) in [6.45, 7) is 31.7. The molecule has 26 heavy (non-hydrogen) atoms. The molecular formula is C26H42. The highest BCUT2D eigenvalue weighted by atomic mass is 14.4. The standard InChI is InChI=1S/C26H42/c1-19(13-14-20(2)25(9,10)23(3,4)5)21-15-17-22(18-16-21)26(11,12)24(6,7)8/h13-15,17H,1-2,16,18H2,3-12H3/b14-13-. The molecule has 0 heterocycles. The first-order valence-electron chi connectivity index (χ1n) is 9.99. The Bertz CT molecular complexity index is 643. The second kappa shape index (κ2) is 7.37. The summed E-state index contributed by atoms with van der Waals surface area (Å²) in [5.74, 6) is 0. The van der Waals surface area contributed by atoms with E-state index in [0.29, 0.717) is 0 Å². The summed E-state index contributed by atoms with van der Waals surface area (Å²) in [6, 6.07) is 0. The fourth-order valence-corrected chi connectivity index (χ4v) is 2.91. The predicted molar refractivity (Wildman–Crippen MR) is 119 cm³/mol. The third kappa shape index (κ3) is 4.70. The third-order valence-electron chi connectivity index (χ3n) is 7.40. The molecular weight excluding hydrogens is 312 g/mol. The Morgan fingerprint density at radius 1 is 0.769 bits per heavy atom. The van der Waals surface area contributed by atoms with E-state index in [1.165, 1.54) is 5.57 Å². The topological polar surface area (TPSA) is 0 Å². The highest BCUT2D eigenvalue weighted by molar-refractivity contribution is 5.45. The van der Waals surface area contributed by atoms with Crippen molar-refractivity contribution in [2.45, 2.75) is 82.1 Å². The first kappa shape index (κ1) is 22.7. The van der Waals surface area contributed by atoms with Crippen molar-refractivity contribution in [2.24, 2.45) is 21.7 Å². The van der Waals surface area contributed by atoms with Gasteiger partial charge in [0.2, 0.25) is 0 Å². The SMILES string of the molecule is C=C(/C=C\C(=C)C(C)(C)C(C)(C)C)C1=CC=C(C(C)(C)C(C)(C)C)CC1. The molecule has 0 bridgehead atoms. The molecule has 0 radical (unpaired) electrons. The molecule has 0 unspecified atom stereocenters. The van der Waals surface area contributed by atoms with Crippen LogP contribution >= 0.6 is 0 Å². The van der Waals surface area contributed by atoms with Crippen LogP contribution in [0.2, 0.25) is 0 Å². The van der Waals surface area contributed by atoms with Crippen LogP contribution in [0.25, 0.3) is 0 Å². The molecule has 0 aromatic rings. The largest absolute Gasteiger partial charge is 0.0953 e. The van der Waals surface area contributed by atoms with Crippen molar-refractivity contribution < 1.29 is 0 Å². The predicted octanol–water partition coefficient (Wildman–Crippen LogP) is 8.45. The molecule has 1 rings (SSSR count). The van der Waals surface area contributed by atoms with Gasteiger partial charge in [-0.3, -0.25) is 0 Å². The maximum atomic E-state index is 4.32. The van der Waals surface area contributed by atoms with Crippen LogP contribution in [0.5, 0.6) is 0 Å². The molecule has 0 aromatic carbocycles. The maximum absolute atomic E-state index is 4.32. The van der Waals surface area contributed by atoms with Crippen molar-refractivity contribution in [2.75, 3.05) is 0 Å². The molecule has 1 aliphatic carbocycles. The van der Waals surface area contributed by atoms with Crippen LogP contribution in [-0.2, 0) is 0 Å². The van der Waals surface area contributed by atoms with E-state index in [9.17, 15) is 0 Å². The lowest BCUT2D eigenvalue weighted by Gasteiger charge is -2.42. The Hall–Kier alpha value is -1.30. The number of allylic oxidation sites excluding steroid dienone is 8. The summed E-state index contributed by atoms with van der Waals surface area (Å²) in [6.07, 6.45) is 11.1. The van der Waals surface area contributed by atoms with E-state index < -0.39 is 0 Å². The van der Waals surface area contributed by atoms with E-state index in [-0.39, 0.29) is 21.7 Å². The van der Waals surface area contributed by atoms with Gasteiger partial charge in [-0.2, -0.15) is 0 Å². The number of hydrogen-bond acceptors (Lipinski definition) is 0. The van der Waals surface area contributed by atoms with Gasteiger partial charge in [0.1, 0.15) is 0 Å². The smallest absolute Gasteiger partial charge is 0.00609 e. The van der Waals surface area contributed by atoms with Crippen molar-refractivity contribution in [1.29, 1.82) is 0 Å². The van der Waals surface area contributed by atoms with Crippen LogP contribution in [0, 0.1) is 21.7 Å². The summed E-state index contributed by atoms with van der Waals surface area (Å²) in [7, 11) is 0. The van der Waals surface area contributed by atoms with Crippen molar-refractivity contribution >= 4 is 0 Å². The Morgan fingerprint density at radius 2 is 1.31 bits per heavy atom. The van der Waals surface area contributed by atoms with Crippen LogP contribution in [-0.4, -0.2) is 0 Å². The summed E-state index contributed by atoms with van der Waals surface area (Å²) >= 11 is 0. The molecule has 0 nitrogen and oxygen atoms in total. The van der Waals surface area contributed by atoms with Gasteiger partial charge in [-0.15, -0.1) is 0 Å². The van der Waals surface area contributed by atoms with Crippen molar-refractivity contribution in [3.05, 3.63) is 59.8 Å². The normalized spacial score (nSPS) is 17.2. The molecule has 0 saturated heterocycles. The van der Waals surface area contributed by atoms with Crippen molar-refractivity contribution in [3.8, 4) is 0 Å². The second-order valence-electron chi connectivity index (χ2n) is 11.0. The van der Waals surface area contributed by atoms with E-state index in [4.69, 9.17) is 0 Å². The van der Waals surface area contributed by atoms with E-state index in [0.717, 1.165) is 24.0 Å². The zero-order valence-electron chi connectivity index (χ0n) is 19.1. The van der Waals surface area contributed by atoms with Gasteiger partial charge in [-0.1, -0.05) is 112 Å². The van der Waals surface area contributed by atoms with E-state index in [2.05, 4.69) is 107 Å². The minimum absolute atomic E-state index is 0.0501. The number of hydrogen-bond donors (Lipinski definition) is 0. The van der Waals surface area contributed by atoms with Gasteiger partial charge in [-0.25, -0.2) is 0 Å². The van der Waals surface area contributed by atoms with Crippen LogP contribution in [0.1, 0.15) is 82.1 Å². The van der Waals surface area contributed by atoms with Crippen molar-refractivity contribution in [3.63, 3.8) is 0 Å². The molecule has 0 fully saturated rings. The molecule has 146 valence electrons. The van der Waals surface area contributed by atoms with Gasteiger partial charge < -0.3 is 0 Å². The zero-order valence-corrected chi connectivity index (χ0v) is 19.1. The van der Waals surface area contributed by atoms with Gasteiger partial charge in [0, 0.05) is 0 Å². The van der Waals surface area contributed by atoms with Crippen LogP contribution < -0.4 is 0 Å². The van der Waals surface area contributed by atoms with Gasteiger partial charge in [0.25, 0.3) is 0 Å². The van der Waals surface area contributed by atoms with Crippen molar-refractivity contribution in [1.82, 2.24) is 0 Å². The Morgan fingerprint density at radius 3 is 1.69 bits per heavy atom. The van der Waals surface area contributed by atoms with Crippen LogP contribution in [0.15, 0.2) is 59.8 Å². The van der Waals surface area contributed by atoms with Gasteiger partial charge >= 0.3 is 0 Å². The van der Waals surface area contributed by atoms with Gasteiger partial charge in [0.15, 0.2) is 0 Å². The van der Waals surface area contributed by atoms with Crippen LogP contribution in [0.4, 0.5) is 0 Å². The molecule has 0 aromatic heterocycles. The summed E-state index contributed by atoms with van der Waals surface area (Å²) < 4.78 is 0. The lowest BCUT2D eigenvalue weighted by atomic mass is 9.63. The molecule has 0 spiro atoms.